The van der Waals surface area contributed by atoms with Gasteiger partial charge in [-0.2, -0.15) is 0 Å². The second kappa shape index (κ2) is 12.0. The van der Waals surface area contributed by atoms with Crippen molar-refractivity contribution in [2.75, 3.05) is 6.54 Å². The van der Waals surface area contributed by atoms with Gasteiger partial charge in [0, 0.05) is 24.4 Å². The van der Waals surface area contributed by atoms with Crippen molar-refractivity contribution in [3.05, 3.63) is 0 Å². The van der Waals surface area contributed by atoms with Gasteiger partial charge in [-0.1, -0.05) is 51.4 Å². The van der Waals surface area contributed by atoms with E-state index in [2.05, 4.69) is 16.0 Å². The first kappa shape index (κ1) is 29.4. The van der Waals surface area contributed by atoms with Crippen molar-refractivity contribution in [3.8, 4) is 0 Å². The van der Waals surface area contributed by atoms with Crippen molar-refractivity contribution in [2.45, 2.75) is 112 Å². The van der Waals surface area contributed by atoms with Gasteiger partial charge in [-0.3, -0.25) is 19.2 Å². The number of Topliss-reactive ketones (excluding diaryl/α,β-unsaturated/α-hetero) is 1. The number of rotatable bonds is 10. The second-order valence-corrected chi connectivity index (χ2v) is 14.0. The number of likely N-dealkylation sites (tertiary alicyclic amines) is 1. The molecule has 1 saturated heterocycles. The van der Waals surface area contributed by atoms with Gasteiger partial charge in [0.1, 0.15) is 16.4 Å². The quantitative estimate of drug-likeness (QED) is 0.225. The number of nitrogens with zero attached hydrogens (tertiary/aromatic N) is 1. The molecule has 5 atom stereocenters. The molecule has 1 aliphatic heterocycles. The molecule has 5 N–H and O–H groups in total. The number of halogens is 2. The molecule has 0 aromatic carbocycles. The highest BCUT2D eigenvalue weighted by atomic mass is 35.5. The largest absolute Gasteiger partial charge is 0.363 e. The van der Waals surface area contributed by atoms with Gasteiger partial charge in [-0.05, 0) is 43.9 Å². The Kier molecular flexibility index (Phi) is 8.86. The maximum Gasteiger partial charge on any atom is 0.315 e. The summed E-state index contributed by atoms with van der Waals surface area (Å²) >= 11 is 13.0. The Morgan fingerprint density at radius 3 is 2.10 bits per heavy atom. The van der Waals surface area contributed by atoms with E-state index in [9.17, 15) is 24.0 Å². The van der Waals surface area contributed by atoms with Crippen LogP contribution in [0.15, 0.2) is 0 Å². The van der Waals surface area contributed by atoms with Crippen LogP contribution in [0, 0.1) is 23.7 Å². The summed E-state index contributed by atoms with van der Waals surface area (Å²) in [5, 5.41) is 8.73. The molecule has 1 heterocycles. The first-order chi connectivity index (χ1) is 19.1. The number of hydrogen-bond donors (Lipinski definition) is 4. The van der Waals surface area contributed by atoms with Crippen LogP contribution in [0.2, 0.25) is 0 Å². The van der Waals surface area contributed by atoms with Crippen molar-refractivity contribution in [2.24, 2.45) is 29.4 Å². The van der Waals surface area contributed by atoms with Gasteiger partial charge in [0.2, 0.25) is 17.6 Å². The van der Waals surface area contributed by atoms with Crippen molar-refractivity contribution in [3.63, 3.8) is 0 Å². The molecule has 5 fully saturated rings. The first-order valence-electron chi connectivity index (χ1n) is 15.0. The normalized spacial score (nSPS) is 29.6. The third kappa shape index (κ3) is 6.37. The minimum atomic E-state index is -1.16. The molecule has 4 saturated carbocycles. The van der Waals surface area contributed by atoms with Gasteiger partial charge in [-0.25, -0.2) is 4.79 Å². The van der Waals surface area contributed by atoms with E-state index in [0.29, 0.717) is 6.42 Å². The van der Waals surface area contributed by atoms with E-state index in [1.807, 2.05) is 0 Å². The molecule has 2 unspecified atom stereocenters. The summed E-state index contributed by atoms with van der Waals surface area (Å²) in [6, 6.07) is -3.12. The second-order valence-electron chi connectivity index (χ2n) is 12.5. The Bertz CT molecular complexity index is 1020. The molecule has 0 spiro atoms. The molecule has 5 aliphatic rings. The zero-order chi connectivity index (χ0) is 28.6. The minimum absolute atomic E-state index is 0.0465. The monoisotopic (exact) mass is 597 g/mol. The molecule has 4 aliphatic carbocycles. The van der Waals surface area contributed by atoms with E-state index >= 15 is 0 Å². The Hall–Kier alpha value is -2.07. The first-order valence-corrected chi connectivity index (χ1v) is 15.7. The summed E-state index contributed by atoms with van der Waals surface area (Å²) in [7, 11) is 0. The van der Waals surface area contributed by atoms with Crippen LogP contribution in [0.3, 0.4) is 0 Å². The molecule has 222 valence electrons. The predicted octanol–water partition coefficient (Wildman–Crippen LogP) is 2.54. The number of urea groups is 1. The molecular formula is C28H41Cl2N5O5. The van der Waals surface area contributed by atoms with Crippen molar-refractivity contribution >= 4 is 52.7 Å². The number of primary amides is 1. The third-order valence-electron chi connectivity index (χ3n) is 9.64. The van der Waals surface area contributed by atoms with E-state index < -0.39 is 46.0 Å². The zero-order valence-corrected chi connectivity index (χ0v) is 24.4. The fourth-order valence-electron chi connectivity index (χ4n) is 7.12. The number of fused-ring (bicyclic) bond motifs is 1. The van der Waals surface area contributed by atoms with Gasteiger partial charge < -0.3 is 26.6 Å². The van der Waals surface area contributed by atoms with Crippen LogP contribution < -0.4 is 21.7 Å². The summed E-state index contributed by atoms with van der Waals surface area (Å²) in [4.78, 5) is 66.6. The number of amides is 5. The number of nitrogens with one attached hydrogen (secondary N) is 3. The lowest BCUT2D eigenvalue weighted by Gasteiger charge is -2.37. The van der Waals surface area contributed by atoms with E-state index in [1.165, 1.54) is 11.3 Å². The molecule has 12 heteroatoms. The van der Waals surface area contributed by atoms with E-state index in [4.69, 9.17) is 28.9 Å². The number of nitrogens with two attached hydrogens (primary N) is 1. The average molecular weight is 599 g/mol. The molecule has 0 radical (unpaired) electrons. The molecule has 5 rings (SSSR count). The maximum atomic E-state index is 14.2. The van der Waals surface area contributed by atoms with Crippen LogP contribution >= 0.6 is 23.2 Å². The summed E-state index contributed by atoms with van der Waals surface area (Å²) in [6.45, 7) is 0.181. The summed E-state index contributed by atoms with van der Waals surface area (Å²) in [5.74, 6) is -3.47. The molecule has 0 bridgehead atoms. The SMILES string of the molecule is NC(=O)C(=O)C(CC1CC1)NC(=O)[C@@H]1[C@@H]2C(CN1C(=O)[C@@H](NC(=O)NC1CCCCC1)C1CCCCC1)C2(Cl)Cl. The van der Waals surface area contributed by atoms with Crippen molar-refractivity contribution < 1.29 is 24.0 Å². The van der Waals surface area contributed by atoms with Crippen LogP contribution in [-0.2, 0) is 19.2 Å². The Labute approximate surface area is 245 Å². The standard InChI is InChI=1S/C28H41Cl2N5O5/c29-28(30)18-14-35(22(20(18)28)25(38)33-19(13-15-11-12-15)23(36)24(31)37)26(39)21(16-7-3-1-4-8-16)34-27(40)32-17-9-5-2-6-10-17/h15-22H,1-14H2,(H2,31,37)(H,33,38)(H2,32,34,40)/t18?,19?,20-,21-,22-/m0/s1. The van der Waals surface area contributed by atoms with Crippen LogP contribution in [-0.4, -0.2) is 69.5 Å². The highest BCUT2D eigenvalue weighted by molar-refractivity contribution is 6.51. The Balaban J connectivity index is 1.33. The lowest BCUT2D eigenvalue weighted by molar-refractivity contribution is -0.144. The maximum absolute atomic E-state index is 14.2. The summed E-state index contributed by atoms with van der Waals surface area (Å²) in [6.07, 6.45) is 12.0. The molecular weight excluding hydrogens is 557 g/mol. The van der Waals surface area contributed by atoms with Gasteiger partial charge in [-0.15, -0.1) is 23.2 Å². The number of alkyl halides is 2. The molecule has 40 heavy (non-hydrogen) atoms. The molecule has 10 nitrogen and oxygen atoms in total. The number of ketones is 1. The van der Waals surface area contributed by atoms with Gasteiger partial charge >= 0.3 is 6.03 Å². The lowest BCUT2D eigenvalue weighted by Crippen LogP contribution is -2.60. The Morgan fingerprint density at radius 2 is 1.50 bits per heavy atom. The molecule has 5 amide bonds. The average Bonchev–Trinajstić information content (AvgIpc) is 3.79. The van der Waals surface area contributed by atoms with Crippen LogP contribution in [0.1, 0.15) is 83.5 Å². The number of carbonyl (C=O) groups excluding carboxylic acids is 5. The fraction of sp³-hybridized carbons (Fsp3) is 0.821. The van der Waals surface area contributed by atoms with Crippen LogP contribution in [0.4, 0.5) is 4.79 Å². The minimum Gasteiger partial charge on any atom is -0.363 e. The Morgan fingerprint density at radius 1 is 0.875 bits per heavy atom. The van der Waals surface area contributed by atoms with E-state index in [-0.39, 0.29) is 42.3 Å². The van der Waals surface area contributed by atoms with Crippen LogP contribution in [0.25, 0.3) is 0 Å². The fourth-order valence-corrected chi connectivity index (χ4v) is 7.95. The summed E-state index contributed by atoms with van der Waals surface area (Å²) in [5.41, 5.74) is 5.26. The lowest BCUT2D eigenvalue weighted by atomic mass is 9.83. The zero-order valence-electron chi connectivity index (χ0n) is 22.8. The number of carbonyl (C=O) groups is 5. The van der Waals surface area contributed by atoms with Crippen molar-refractivity contribution in [1.82, 2.24) is 20.9 Å². The van der Waals surface area contributed by atoms with Crippen LogP contribution in [0.5, 0.6) is 0 Å². The van der Waals surface area contributed by atoms with Crippen molar-refractivity contribution in [1.29, 1.82) is 0 Å². The van der Waals surface area contributed by atoms with E-state index in [0.717, 1.165) is 70.6 Å². The van der Waals surface area contributed by atoms with E-state index in [1.54, 1.807) is 0 Å². The highest BCUT2D eigenvalue weighted by Gasteiger charge is 2.74. The third-order valence-corrected chi connectivity index (χ3v) is 10.7. The molecule has 0 aromatic rings. The number of piperidine rings is 1. The van der Waals surface area contributed by atoms with Gasteiger partial charge in [0.15, 0.2) is 0 Å². The topological polar surface area (TPSA) is 151 Å². The number of hydrogen-bond acceptors (Lipinski definition) is 5. The molecule has 0 aromatic heterocycles. The smallest absolute Gasteiger partial charge is 0.315 e. The summed E-state index contributed by atoms with van der Waals surface area (Å²) < 4.78 is -1.16. The highest BCUT2D eigenvalue weighted by Crippen LogP contribution is 2.65. The van der Waals surface area contributed by atoms with Gasteiger partial charge in [0.25, 0.3) is 5.91 Å². The predicted molar refractivity (Wildman–Crippen MR) is 149 cm³/mol. The van der Waals surface area contributed by atoms with Gasteiger partial charge in [0.05, 0.1) is 6.04 Å².